The van der Waals surface area contributed by atoms with E-state index in [0.29, 0.717) is 30.9 Å². The van der Waals surface area contributed by atoms with Gasteiger partial charge < -0.3 is 14.5 Å². The summed E-state index contributed by atoms with van der Waals surface area (Å²) in [5.74, 6) is 1.91. The number of nitrogens with one attached hydrogen (secondary N) is 1. The quantitative estimate of drug-likeness (QED) is 0.912. The fraction of sp³-hybridized carbons (Fsp3) is 0.500. The van der Waals surface area contributed by atoms with E-state index < -0.39 is 0 Å². The Balaban J connectivity index is 1.58. The van der Waals surface area contributed by atoms with E-state index in [2.05, 4.69) is 41.4 Å². The summed E-state index contributed by atoms with van der Waals surface area (Å²) in [7, 11) is 0. The van der Waals surface area contributed by atoms with Crippen molar-refractivity contribution in [1.29, 1.82) is 0 Å². The summed E-state index contributed by atoms with van der Waals surface area (Å²) < 4.78 is 11.9. The molecule has 0 bridgehead atoms. The topological polar surface area (TPSA) is 86.0 Å². The Morgan fingerprint density at radius 1 is 1.30 bits per heavy atom. The number of ether oxygens (including phenoxy) is 1. The molecule has 1 aliphatic heterocycles. The highest BCUT2D eigenvalue weighted by molar-refractivity contribution is 9.10. The molecule has 1 N–H and O–H groups in total. The minimum atomic E-state index is 0.217. The van der Waals surface area contributed by atoms with Gasteiger partial charge in [-0.1, -0.05) is 0 Å². The molecule has 0 amide bonds. The zero-order chi connectivity index (χ0) is 13.8. The minimum Gasteiger partial charge on any atom is -0.423 e. The van der Waals surface area contributed by atoms with Gasteiger partial charge in [0.25, 0.3) is 0 Å². The molecule has 2 aromatic rings. The average molecular weight is 340 g/mol. The molecule has 1 fully saturated rings. The van der Waals surface area contributed by atoms with E-state index in [1.807, 2.05) is 0 Å². The van der Waals surface area contributed by atoms with Crippen molar-refractivity contribution in [3.63, 3.8) is 0 Å². The van der Waals surface area contributed by atoms with Crippen molar-refractivity contribution in [3.05, 3.63) is 28.6 Å². The summed E-state index contributed by atoms with van der Waals surface area (Å²) in [4.78, 5) is 8.22. The average Bonchev–Trinajstić information content (AvgIpc) is 2.97. The number of anilines is 1. The summed E-state index contributed by atoms with van der Waals surface area (Å²) in [6.45, 7) is 1.88. The van der Waals surface area contributed by atoms with E-state index in [4.69, 9.17) is 9.15 Å². The van der Waals surface area contributed by atoms with Crippen LogP contribution >= 0.6 is 15.9 Å². The molecule has 106 valence electrons. The normalized spacial score (nSPS) is 18.9. The van der Waals surface area contributed by atoms with Crippen molar-refractivity contribution in [2.75, 3.05) is 18.5 Å². The van der Waals surface area contributed by atoms with Crippen LogP contribution in [0.15, 0.2) is 21.3 Å². The van der Waals surface area contributed by atoms with Crippen molar-refractivity contribution in [2.45, 2.75) is 25.3 Å². The largest absolute Gasteiger partial charge is 0.423 e. The van der Waals surface area contributed by atoms with Gasteiger partial charge in [-0.25, -0.2) is 9.97 Å². The van der Waals surface area contributed by atoms with Crippen molar-refractivity contribution in [2.24, 2.45) is 0 Å². The van der Waals surface area contributed by atoms with E-state index in [1.165, 1.54) is 0 Å². The van der Waals surface area contributed by atoms with Gasteiger partial charge in [-0.05, 0) is 28.8 Å². The van der Waals surface area contributed by atoms with Gasteiger partial charge in [-0.3, -0.25) is 0 Å². The highest BCUT2D eigenvalue weighted by Crippen LogP contribution is 2.24. The Bertz CT molecular complexity index is 553. The molecule has 1 saturated heterocycles. The van der Waals surface area contributed by atoms with E-state index in [1.54, 1.807) is 12.4 Å². The Kier molecular flexibility index (Phi) is 4.22. The SMILES string of the molecule is Brc1cnc(NCc2nnc(C3CCCOC3)o2)nc1. The highest BCUT2D eigenvalue weighted by Gasteiger charge is 2.21. The van der Waals surface area contributed by atoms with Crippen LogP contribution in [0.5, 0.6) is 0 Å². The van der Waals surface area contributed by atoms with Gasteiger partial charge in [-0.2, -0.15) is 0 Å². The van der Waals surface area contributed by atoms with Gasteiger partial charge in [0.05, 0.1) is 23.5 Å². The molecule has 1 unspecified atom stereocenters. The number of hydrogen-bond donors (Lipinski definition) is 1. The maximum atomic E-state index is 5.64. The van der Waals surface area contributed by atoms with Gasteiger partial charge in [0, 0.05) is 19.0 Å². The number of halogens is 1. The van der Waals surface area contributed by atoms with Crippen LogP contribution in [-0.2, 0) is 11.3 Å². The number of aromatic nitrogens is 4. The molecule has 0 radical (unpaired) electrons. The van der Waals surface area contributed by atoms with Gasteiger partial charge >= 0.3 is 0 Å². The van der Waals surface area contributed by atoms with Crippen molar-refractivity contribution in [1.82, 2.24) is 20.2 Å². The first-order chi connectivity index (χ1) is 9.81. The second kappa shape index (κ2) is 6.27. The van der Waals surface area contributed by atoms with Crippen LogP contribution in [0.4, 0.5) is 5.95 Å². The minimum absolute atomic E-state index is 0.217. The van der Waals surface area contributed by atoms with Crippen LogP contribution in [0.2, 0.25) is 0 Å². The molecule has 2 aromatic heterocycles. The first kappa shape index (κ1) is 13.4. The summed E-state index contributed by atoms with van der Waals surface area (Å²) in [5.41, 5.74) is 0. The summed E-state index contributed by atoms with van der Waals surface area (Å²) in [6.07, 6.45) is 5.42. The second-order valence-corrected chi connectivity index (χ2v) is 5.44. The van der Waals surface area contributed by atoms with Crippen molar-refractivity contribution >= 4 is 21.9 Å². The molecule has 0 saturated carbocycles. The predicted molar refractivity (Wildman–Crippen MR) is 74.2 cm³/mol. The van der Waals surface area contributed by atoms with Crippen LogP contribution in [0.1, 0.15) is 30.5 Å². The Morgan fingerprint density at radius 3 is 2.90 bits per heavy atom. The predicted octanol–water partition coefficient (Wildman–Crippen LogP) is 2.13. The third kappa shape index (κ3) is 3.31. The fourth-order valence-electron chi connectivity index (χ4n) is 2.00. The molecule has 1 aliphatic rings. The van der Waals surface area contributed by atoms with Gasteiger partial charge in [0.1, 0.15) is 0 Å². The third-order valence-corrected chi connectivity index (χ3v) is 3.42. The maximum Gasteiger partial charge on any atom is 0.235 e. The molecule has 3 rings (SSSR count). The third-order valence-electron chi connectivity index (χ3n) is 3.01. The lowest BCUT2D eigenvalue weighted by molar-refractivity contribution is 0.0722. The van der Waals surface area contributed by atoms with Crippen LogP contribution in [-0.4, -0.2) is 33.4 Å². The summed E-state index contributed by atoms with van der Waals surface area (Å²) in [6, 6.07) is 0. The first-order valence-electron chi connectivity index (χ1n) is 6.43. The van der Waals surface area contributed by atoms with Crippen molar-refractivity contribution in [3.8, 4) is 0 Å². The second-order valence-electron chi connectivity index (χ2n) is 4.53. The zero-order valence-electron chi connectivity index (χ0n) is 10.8. The Labute approximate surface area is 124 Å². The van der Waals surface area contributed by atoms with Gasteiger partial charge in [0.2, 0.25) is 17.7 Å². The lowest BCUT2D eigenvalue weighted by Gasteiger charge is -2.18. The van der Waals surface area contributed by atoms with Gasteiger partial charge in [-0.15, -0.1) is 10.2 Å². The molecule has 20 heavy (non-hydrogen) atoms. The summed E-state index contributed by atoms with van der Waals surface area (Å²) >= 11 is 3.28. The molecule has 8 heteroatoms. The smallest absolute Gasteiger partial charge is 0.235 e. The van der Waals surface area contributed by atoms with E-state index in [0.717, 1.165) is 23.9 Å². The van der Waals surface area contributed by atoms with Crippen LogP contribution in [0.3, 0.4) is 0 Å². The first-order valence-corrected chi connectivity index (χ1v) is 7.22. The number of rotatable bonds is 4. The fourth-order valence-corrected chi connectivity index (χ4v) is 2.20. The van der Waals surface area contributed by atoms with Crippen LogP contribution in [0, 0.1) is 0 Å². The maximum absolute atomic E-state index is 5.64. The van der Waals surface area contributed by atoms with E-state index in [9.17, 15) is 0 Å². The lowest BCUT2D eigenvalue weighted by atomic mass is 10.0. The van der Waals surface area contributed by atoms with E-state index >= 15 is 0 Å². The monoisotopic (exact) mass is 339 g/mol. The number of nitrogens with zero attached hydrogens (tertiary/aromatic N) is 4. The summed E-state index contributed by atoms with van der Waals surface area (Å²) in [5, 5.41) is 11.1. The molecular weight excluding hydrogens is 326 g/mol. The highest BCUT2D eigenvalue weighted by atomic mass is 79.9. The molecule has 7 nitrogen and oxygen atoms in total. The molecular formula is C12H14BrN5O2. The lowest BCUT2D eigenvalue weighted by Crippen LogP contribution is -2.15. The van der Waals surface area contributed by atoms with Gasteiger partial charge in [0.15, 0.2) is 0 Å². The zero-order valence-corrected chi connectivity index (χ0v) is 12.3. The van der Waals surface area contributed by atoms with Crippen molar-refractivity contribution < 1.29 is 9.15 Å². The molecule has 0 aromatic carbocycles. The molecule has 1 atom stereocenters. The molecule has 0 aliphatic carbocycles. The molecule has 3 heterocycles. The Hall–Kier alpha value is -1.54. The Morgan fingerprint density at radius 2 is 2.15 bits per heavy atom. The van der Waals surface area contributed by atoms with E-state index in [-0.39, 0.29) is 5.92 Å². The molecule has 0 spiro atoms. The van der Waals surface area contributed by atoms with Crippen LogP contribution in [0.25, 0.3) is 0 Å². The standard InChI is InChI=1S/C12H14BrN5O2/c13-9-4-14-12(15-5-9)16-6-10-17-18-11(20-10)8-2-1-3-19-7-8/h4-5,8H,1-3,6-7H2,(H,14,15,16). The van der Waals surface area contributed by atoms with Crippen LogP contribution < -0.4 is 5.32 Å². The number of hydrogen-bond acceptors (Lipinski definition) is 7.